The van der Waals surface area contributed by atoms with Gasteiger partial charge in [0.1, 0.15) is 148 Å². The third-order valence-corrected chi connectivity index (χ3v) is 23.8. The van der Waals surface area contributed by atoms with E-state index in [2.05, 4.69) is 0 Å². The molecule has 15 unspecified atom stereocenters. The van der Waals surface area contributed by atoms with Crippen molar-refractivity contribution < 1.29 is 193 Å². The summed E-state index contributed by atoms with van der Waals surface area (Å²) in [6.45, 7) is -3.66. The Bertz CT molecular complexity index is 3020. The van der Waals surface area contributed by atoms with E-state index < -0.39 is 295 Å². The summed E-state index contributed by atoms with van der Waals surface area (Å²) in [4.78, 5) is 39.6. The summed E-state index contributed by atoms with van der Waals surface area (Å²) in [5.41, 5.74) is 0. The maximum absolute atomic E-state index is 13.6. The van der Waals surface area contributed by atoms with Crippen molar-refractivity contribution in [3.63, 3.8) is 0 Å². The first-order valence-corrected chi connectivity index (χ1v) is 38.5. The van der Waals surface area contributed by atoms with Gasteiger partial charge in [0, 0.05) is 37.0 Å². The molecule has 11 fully saturated rings. The Balaban J connectivity index is 0.755. The summed E-state index contributed by atoms with van der Waals surface area (Å²) in [5, 5.41) is 238. The maximum atomic E-state index is 13.6. The molecule has 23 N–H and O–H groups in total. The summed E-state index contributed by atoms with van der Waals surface area (Å²) >= 11 is 0. The van der Waals surface area contributed by atoms with Crippen LogP contribution >= 0.6 is 0 Å². The normalized spacial score (nSPS) is 48.9. The standard InChI is InChI=1S/C72H112O39/c73-23-44-52(84)57(89)62(94)69(106-44)103-41-21-33(76)20-40-34(41)22-43(66(101-40)31-7-9-32(75)10-8-31)105-72-67(111-71-65(97)60(92)55(87)47(109-71)26-99-51(83)16-6-30-2-12-36(78)42(19-30)104-70-63(95)58(90)53(85)45(24-74)107-70)61(93)56(88)48(110-72)27-100-50(82)15-5-29-3-13-39(38(80)18-29)102-68-64(96)59(91)54(86)46(108-68)25-98-49(81)14-4-28-1-11-35(77)37(79)17-28/h4-6,14-16,28-48,52-80,84-97H,1-3,7-13,17-27H2/p+1/t28?,29?,30?,31?,32?,33?,34?,35?,36?,37?,38?,39?,40?,41?,42?,43?,44-,45-,46-,47-,48-,52-,53-,54-,55-,56-,57+,58+,59+,60+,61+,62-,63-,64-,65-,66?,67-,68-,69-,70-,71+,72-/m1/s1. The van der Waals surface area contributed by atoms with Gasteiger partial charge in [0.15, 0.2) is 43.7 Å². The van der Waals surface area contributed by atoms with Gasteiger partial charge >= 0.3 is 17.9 Å². The predicted molar refractivity (Wildman–Crippen MR) is 363 cm³/mol. The minimum absolute atomic E-state index is 0.00991. The average Bonchev–Trinajstić information content (AvgIpc) is 0.762. The van der Waals surface area contributed by atoms with Crippen molar-refractivity contribution in [1.82, 2.24) is 0 Å². The van der Waals surface area contributed by atoms with Gasteiger partial charge in [-0.05, 0) is 108 Å². The SMILES string of the molecule is O=C(C=CC1CCC(O)C(O)C1)OC[C@H]1O[C@@H](OC2CCC(C=CC(=O)OC[C@H]3O[C@@H](OC4CC5C(O[C@@H]6O[C@H](CO)[C@@H](O)[C@H](O)[C@H]6O)CC(O)CC5[OH+]C4C4CCC(O)CC4)[C@H](O[C@@H]4O[C@H](COC(=O)C=CC5CCC(O)C(O[C@@H]6O[C@H](CO)[C@@H](O)[C@H](O)[C@H]6O)C5)[C@@H](O)[C@H](O)[C@H]4O)[C@@H](O)[C@@H]3O)CC2O)[C@H](O)[C@@H](O)[C@@H]1O. The average molecular weight is 1600 g/mol. The Morgan fingerprint density at radius 2 is 0.721 bits per heavy atom. The van der Waals surface area contributed by atoms with Crippen molar-refractivity contribution >= 4 is 17.9 Å². The van der Waals surface area contributed by atoms with Gasteiger partial charge in [0.2, 0.25) is 0 Å². The molecule has 0 amide bonds. The van der Waals surface area contributed by atoms with Crippen molar-refractivity contribution in [1.29, 1.82) is 0 Å². The van der Waals surface area contributed by atoms with Crippen LogP contribution in [0.1, 0.15) is 103 Å². The minimum atomic E-state index is -2.15. The van der Waals surface area contributed by atoms with Crippen molar-refractivity contribution in [2.75, 3.05) is 33.0 Å². The van der Waals surface area contributed by atoms with Crippen LogP contribution in [0.3, 0.4) is 0 Å². The van der Waals surface area contributed by atoms with Gasteiger partial charge in [0.05, 0.1) is 74.1 Å². The lowest BCUT2D eigenvalue weighted by Crippen LogP contribution is -2.66. The summed E-state index contributed by atoms with van der Waals surface area (Å²) in [5.74, 6) is -5.00. The Morgan fingerprint density at radius 1 is 0.324 bits per heavy atom. The fourth-order valence-electron chi connectivity index (χ4n) is 17.0. The first-order valence-electron chi connectivity index (χ1n) is 38.5. The Labute approximate surface area is 637 Å². The number of carbonyl (C=O) groups excluding carboxylic acids is 3. The first-order chi connectivity index (χ1) is 52.9. The minimum Gasteiger partial charge on any atom is -0.460 e. The predicted octanol–water partition coefficient (Wildman–Crippen LogP) is -9.29. The van der Waals surface area contributed by atoms with E-state index in [1.807, 2.05) is 0 Å². The van der Waals surface area contributed by atoms with Crippen molar-refractivity contribution in [3.05, 3.63) is 36.5 Å². The molecule has 0 aromatic rings. The topological polar surface area (TPSA) is 629 Å². The van der Waals surface area contributed by atoms with Gasteiger partial charge in [0.25, 0.3) is 0 Å². The number of aliphatic hydroxyl groups excluding tert-OH is 22. The Kier molecular flexibility index (Phi) is 31.5. The van der Waals surface area contributed by atoms with Gasteiger partial charge in [-0.3, -0.25) is 0 Å². The number of hydrogen-bond donors (Lipinski definition) is 22. The fraction of sp³-hybridized carbons (Fsp3) is 0.875. The summed E-state index contributed by atoms with van der Waals surface area (Å²) < 4.78 is 82.0. The van der Waals surface area contributed by atoms with Crippen LogP contribution in [0.5, 0.6) is 0 Å². The van der Waals surface area contributed by atoms with Gasteiger partial charge in [-0.2, -0.15) is 0 Å². The van der Waals surface area contributed by atoms with E-state index in [9.17, 15) is 127 Å². The molecule has 0 aromatic heterocycles. The summed E-state index contributed by atoms with van der Waals surface area (Å²) in [7, 11) is 0. The zero-order valence-electron chi connectivity index (χ0n) is 60.9. The van der Waals surface area contributed by atoms with Gasteiger partial charge in [-0.25, -0.2) is 14.4 Å². The molecule has 5 aliphatic carbocycles. The van der Waals surface area contributed by atoms with Crippen LogP contribution in [-0.4, -0.2) is 395 Å². The summed E-state index contributed by atoms with van der Waals surface area (Å²) in [6, 6.07) is 0. The smallest absolute Gasteiger partial charge is 0.330 e. The number of fused-ring (bicyclic) bond motifs is 1. The van der Waals surface area contributed by atoms with Crippen LogP contribution in [0, 0.1) is 29.6 Å². The second kappa shape index (κ2) is 39.7. The molecule has 11 rings (SSSR count). The molecular formula is C72H113O39+. The molecule has 39 nitrogen and oxygen atoms in total. The molecule has 39 heteroatoms. The van der Waals surface area contributed by atoms with Crippen LogP contribution < -0.4 is 0 Å². The number of rotatable bonds is 25. The number of allylic oxidation sites excluding steroid dienone is 3. The van der Waals surface area contributed by atoms with Crippen LogP contribution in [0.25, 0.3) is 0 Å². The molecule has 11 aliphatic rings. The Morgan fingerprint density at radius 3 is 1.20 bits per heavy atom. The molecule has 0 radical (unpaired) electrons. The maximum Gasteiger partial charge on any atom is 0.330 e. The van der Waals surface area contributed by atoms with E-state index in [1.54, 1.807) is 0 Å². The zero-order valence-corrected chi connectivity index (χ0v) is 60.9. The van der Waals surface area contributed by atoms with Crippen molar-refractivity contribution in [3.8, 4) is 0 Å². The van der Waals surface area contributed by atoms with E-state index in [0.717, 1.165) is 18.2 Å². The zero-order chi connectivity index (χ0) is 80.0. The number of ether oxygens (including phenoxy) is 14. The highest BCUT2D eigenvalue weighted by Gasteiger charge is 2.59. The van der Waals surface area contributed by atoms with E-state index in [1.165, 1.54) is 18.2 Å². The number of hydrogen-bond acceptors (Lipinski definition) is 38. The third kappa shape index (κ3) is 21.6. The highest BCUT2D eigenvalue weighted by atomic mass is 16.8. The lowest BCUT2D eigenvalue weighted by Gasteiger charge is -2.50. The molecule has 6 heterocycles. The number of aliphatic hydroxyl groups is 24. The second-order valence-corrected chi connectivity index (χ2v) is 31.5. The van der Waals surface area contributed by atoms with Gasteiger partial charge in [-0.1, -0.05) is 18.2 Å². The third-order valence-electron chi connectivity index (χ3n) is 23.8. The van der Waals surface area contributed by atoms with Crippen LogP contribution in [0.2, 0.25) is 0 Å². The molecule has 5 saturated carbocycles. The quantitative estimate of drug-likeness (QED) is 0.0175. The lowest BCUT2D eigenvalue weighted by atomic mass is 9.73. The molecule has 0 aromatic carbocycles. The molecule has 40 atom stereocenters. The largest absolute Gasteiger partial charge is 0.460 e. The Hall–Kier alpha value is -3.69. The van der Waals surface area contributed by atoms with E-state index in [4.69, 9.17) is 66.3 Å². The molecular weight excluding hydrogens is 1490 g/mol. The van der Waals surface area contributed by atoms with Crippen LogP contribution in [-0.2, 0) is 76.0 Å². The molecule has 0 spiro atoms. The first kappa shape index (κ1) is 88.1. The molecule has 111 heavy (non-hydrogen) atoms. The highest BCUT2D eigenvalue weighted by molar-refractivity contribution is 5.82. The van der Waals surface area contributed by atoms with E-state index >= 15 is 0 Å². The van der Waals surface area contributed by atoms with E-state index in [0.29, 0.717) is 44.9 Å². The van der Waals surface area contributed by atoms with Gasteiger partial charge in [-0.15, -0.1) is 0 Å². The van der Waals surface area contributed by atoms with Crippen molar-refractivity contribution in [2.24, 2.45) is 29.6 Å². The molecule has 0 bridgehead atoms. The van der Waals surface area contributed by atoms with Crippen LogP contribution in [0.4, 0.5) is 0 Å². The van der Waals surface area contributed by atoms with E-state index in [-0.39, 0.29) is 69.6 Å². The monoisotopic (exact) mass is 1600 g/mol. The summed E-state index contributed by atoms with van der Waals surface area (Å²) in [6.07, 6.45) is -44.6. The molecule has 6 aliphatic heterocycles. The lowest BCUT2D eigenvalue weighted by molar-refractivity contribution is -0.389. The number of esters is 3. The van der Waals surface area contributed by atoms with Crippen molar-refractivity contribution in [2.45, 2.75) is 330 Å². The molecule has 6 saturated heterocycles. The fourth-order valence-corrected chi connectivity index (χ4v) is 17.0. The molecule has 634 valence electrons. The highest BCUT2D eigenvalue weighted by Crippen LogP contribution is 2.45. The van der Waals surface area contributed by atoms with Gasteiger partial charge < -0.3 is 179 Å². The number of carbonyl (C=O) groups is 3. The van der Waals surface area contributed by atoms with Crippen LogP contribution in [0.15, 0.2) is 36.5 Å². The second-order valence-electron chi connectivity index (χ2n) is 31.5.